The molecule has 25 heavy (non-hydrogen) atoms. The van der Waals surface area contributed by atoms with Crippen LogP contribution in [0.5, 0.6) is 0 Å². The molecule has 1 amide bonds. The standard InChI is InChI=1S/C19H15BrN2O2S/c1-3-22(19-21-14-6-4-5-7-16(14)25-19)18(23)17-11(2)13-10-12(20)8-9-15(13)24-17/h4-10H,3H2,1-2H3. The van der Waals surface area contributed by atoms with Crippen molar-refractivity contribution in [3.05, 3.63) is 58.3 Å². The fourth-order valence-corrected chi connectivity index (χ4v) is 4.25. The molecule has 0 saturated heterocycles. The lowest BCUT2D eigenvalue weighted by Gasteiger charge is -2.16. The van der Waals surface area contributed by atoms with Crippen LogP contribution in [0, 0.1) is 6.92 Å². The number of aromatic nitrogens is 1. The average Bonchev–Trinajstić information content (AvgIpc) is 3.17. The molecule has 0 atom stereocenters. The van der Waals surface area contributed by atoms with E-state index in [1.807, 2.05) is 56.3 Å². The highest BCUT2D eigenvalue weighted by molar-refractivity contribution is 9.10. The second-order valence-electron chi connectivity index (χ2n) is 5.71. The SMILES string of the molecule is CCN(C(=O)c1oc2ccc(Br)cc2c1C)c1nc2ccccc2s1. The molecule has 4 aromatic rings. The topological polar surface area (TPSA) is 46.3 Å². The molecular formula is C19H15BrN2O2S. The summed E-state index contributed by atoms with van der Waals surface area (Å²) in [7, 11) is 0. The van der Waals surface area contributed by atoms with Crippen LogP contribution in [0.3, 0.4) is 0 Å². The molecular weight excluding hydrogens is 400 g/mol. The normalized spacial score (nSPS) is 11.3. The number of carbonyl (C=O) groups excluding carboxylic acids is 1. The van der Waals surface area contributed by atoms with Gasteiger partial charge in [0.1, 0.15) is 5.58 Å². The smallest absolute Gasteiger partial charge is 0.296 e. The molecule has 0 saturated carbocycles. The number of hydrogen-bond acceptors (Lipinski definition) is 4. The van der Waals surface area contributed by atoms with Gasteiger partial charge in [-0.2, -0.15) is 0 Å². The van der Waals surface area contributed by atoms with Crippen molar-refractivity contribution in [3.8, 4) is 0 Å². The highest BCUT2D eigenvalue weighted by atomic mass is 79.9. The molecule has 4 rings (SSSR count). The minimum absolute atomic E-state index is 0.161. The molecule has 2 heterocycles. The molecule has 4 nitrogen and oxygen atoms in total. The fourth-order valence-electron chi connectivity index (χ4n) is 2.86. The molecule has 0 aliphatic rings. The summed E-state index contributed by atoms with van der Waals surface area (Å²) in [6.45, 7) is 4.38. The van der Waals surface area contributed by atoms with E-state index in [1.165, 1.54) is 11.3 Å². The Morgan fingerprint density at radius 1 is 1.28 bits per heavy atom. The molecule has 2 aromatic carbocycles. The molecule has 2 aromatic heterocycles. The van der Waals surface area contributed by atoms with Crippen molar-refractivity contribution in [2.45, 2.75) is 13.8 Å². The van der Waals surface area contributed by atoms with Crippen molar-refractivity contribution in [1.29, 1.82) is 0 Å². The number of rotatable bonds is 3. The van der Waals surface area contributed by atoms with Crippen LogP contribution in [0.15, 0.2) is 51.4 Å². The van der Waals surface area contributed by atoms with Gasteiger partial charge in [0.05, 0.1) is 10.2 Å². The van der Waals surface area contributed by atoms with Gasteiger partial charge in [0.25, 0.3) is 5.91 Å². The summed E-state index contributed by atoms with van der Waals surface area (Å²) in [5.74, 6) is 0.209. The Hall–Kier alpha value is -2.18. The van der Waals surface area contributed by atoms with Gasteiger partial charge in [-0.15, -0.1) is 0 Å². The van der Waals surface area contributed by atoms with Crippen molar-refractivity contribution in [2.75, 3.05) is 11.4 Å². The Labute approximate surface area is 157 Å². The van der Waals surface area contributed by atoms with Crippen LogP contribution in [0.2, 0.25) is 0 Å². The number of thiazole rings is 1. The first-order chi connectivity index (χ1) is 12.1. The summed E-state index contributed by atoms with van der Waals surface area (Å²) < 4.78 is 7.88. The van der Waals surface area contributed by atoms with E-state index in [-0.39, 0.29) is 5.91 Å². The van der Waals surface area contributed by atoms with Crippen molar-refractivity contribution >= 4 is 59.5 Å². The minimum atomic E-state index is -0.161. The maximum Gasteiger partial charge on any atom is 0.296 e. The maximum atomic E-state index is 13.1. The van der Waals surface area contributed by atoms with Crippen LogP contribution < -0.4 is 4.90 Å². The van der Waals surface area contributed by atoms with Crippen molar-refractivity contribution < 1.29 is 9.21 Å². The largest absolute Gasteiger partial charge is 0.451 e. The minimum Gasteiger partial charge on any atom is -0.451 e. The molecule has 0 unspecified atom stereocenters. The summed E-state index contributed by atoms with van der Waals surface area (Å²) in [5, 5.41) is 1.63. The number of nitrogens with zero attached hydrogens (tertiary/aromatic N) is 2. The van der Waals surface area contributed by atoms with Crippen LogP contribution in [0.1, 0.15) is 23.0 Å². The summed E-state index contributed by atoms with van der Waals surface area (Å²) in [6.07, 6.45) is 0. The lowest BCUT2D eigenvalue weighted by atomic mass is 10.1. The highest BCUT2D eigenvalue weighted by Crippen LogP contribution is 2.32. The second-order valence-corrected chi connectivity index (χ2v) is 7.64. The van der Waals surface area contributed by atoms with Crippen LogP contribution in [-0.2, 0) is 0 Å². The van der Waals surface area contributed by atoms with E-state index in [1.54, 1.807) is 4.90 Å². The van der Waals surface area contributed by atoms with Gasteiger partial charge >= 0.3 is 0 Å². The van der Waals surface area contributed by atoms with Gasteiger partial charge in [-0.25, -0.2) is 4.98 Å². The molecule has 0 radical (unpaired) electrons. The van der Waals surface area contributed by atoms with Gasteiger partial charge in [0.2, 0.25) is 0 Å². The number of furan rings is 1. The first kappa shape index (κ1) is 16.3. The summed E-state index contributed by atoms with van der Waals surface area (Å²) in [4.78, 5) is 19.4. The number of amides is 1. The number of benzene rings is 2. The van der Waals surface area contributed by atoms with E-state index in [9.17, 15) is 4.79 Å². The van der Waals surface area contributed by atoms with Gasteiger partial charge in [-0.1, -0.05) is 39.4 Å². The number of halogens is 1. The molecule has 0 aliphatic heterocycles. The van der Waals surface area contributed by atoms with Gasteiger partial charge in [0, 0.05) is 22.0 Å². The first-order valence-electron chi connectivity index (χ1n) is 7.94. The molecule has 126 valence electrons. The third-order valence-electron chi connectivity index (χ3n) is 4.17. The van der Waals surface area contributed by atoms with Crippen molar-refractivity contribution in [1.82, 2.24) is 4.98 Å². The molecule has 6 heteroatoms. The van der Waals surface area contributed by atoms with E-state index in [2.05, 4.69) is 20.9 Å². The number of aryl methyl sites for hydroxylation is 1. The van der Waals surface area contributed by atoms with Gasteiger partial charge in [0.15, 0.2) is 10.9 Å². The number of para-hydroxylation sites is 1. The first-order valence-corrected chi connectivity index (χ1v) is 9.55. The predicted molar refractivity (Wildman–Crippen MR) is 106 cm³/mol. The Morgan fingerprint density at radius 3 is 2.84 bits per heavy atom. The van der Waals surface area contributed by atoms with E-state index in [4.69, 9.17) is 4.42 Å². The van der Waals surface area contributed by atoms with Gasteiger partial charge in [-0.05, 0) is 44.2 Å². The third-order valence-corrected chi connectivity index (χ3v) is 5.72. The zero-order chi connectivity index (χ0) is 17.6. The van der Waals surface area contributed by atoms with Crippen LogP contribution in [-0.4, -0.2) is 17.4 Å². The van der Waals surface area contributed by atoms with Crippen LogP contribution in [0.4, 0.5) is 5.13 Å². The highest BCUT2D eigenvalue weighted by Gasteiger charge is 2.25. The third kappa shape index (κ3) is 2.75. The molecule has 0 N–H and O–H groups in total. The molecule has 0 fully saturated rings. The van der Waals surface area contributed by atoms with E-state index in [0.717, 1.165) is 25.6 Å². The van der Waals surface area contributed by atoms with E-state index >= 15 is 0 Å². The lowest BCUT2D eigenvalue weighted by molar-refractivity contribution is 0.0963. The van der Waals surface area contributed by atoms with Crippen molar-refractivity contribution in [2.24, 2.45) is 0 Å². The summed E-state index contributed by atoms with van der Waals surface area (Å²) >= 11 is 4.98. The number of fused-ring (bicyclic) bond motifs is 2. The average molecular weight is 415 g/mol. The second kappa shape index (κ2) is 6.28. The van der Waals surface area contributed by atoms with Gasteiger partial charge in [-0.3, -0.25) is 9.69 Å². The zero-order valence-corrected chi connectivity index (χ0v) is 16.1. The predicted octanol–water partition coefficient (Wildman–Crippen LogP) is 5.78. The van der Waals surface area contributed by atoms with Crippen LogP contribution in [0.25, 0.3) is 21.2 Å². The summed E-state index contributed by atoms with van der Waals surface area (Å²) in [5.41, 5.74) is 2.46. The Kier molecular flexibility index (Phi) is 4.09. The van der Waals surface area contributed by atoms with E-state index < -0.39 is 0 Å². The zero-order valence-electron chi connectivity index (χ0n) is 13.7. The maximum absolute atomic E-state index is 13.1. The summed E-state index contributed by atoms with van der Waals surface area (Å²) in [6, 6.07) is 13.6. The molecule has 0 bridgehead atoms. The Morgan fingerprint density at radius 2 is 2.08 bits per heavy atom. The van der Waals surface area contributed by atoms with Gasteiger partial charge < -0.3 is 4.42 Å². The monoisotopic (exact) mass is 414 g/mol. The number of carbonyl (C=O) groups is 1. The number of hydrogen-bond donors (Lipinski definition) is 0. The quantitative estimate of drug-likeness (QED) is 0.426. The fraction of sp³-hybridized carbons (Fsp3) is 0.158. The Bertz CT molecular complexity index is 1070. The Balaban J connectivity index is 1.79. The number of anilines is 1. The van der Waals surface area contributed by atoms with E-state index in [0.29, 0.717) is 23.0 Å². The molecule has 0 aliphatic carbocycles. The van der Waals surface area contributed by atoms with Crippen LogP contribution >= 0.6 is 27.3 Å². The van der Waals surface area contributed by atoms with Crippen molar-refractivity contribution in [3.63, 3.8) is 0 Å². The lowest BCUT2D eigenvalue weighted by Crippen LogP contribution is -2.30. The molecule has 0 spiro atoms.